The number of hydrogen-bond acceptors (Lipinski definition) is 4. The van der Waals surface area contributed by atoms with Crippen LogP contribution in [0.1, 0.15) is 6.92 Å². The summed E-state index contributed by atoms with van der Waals surface area (Å²) in [5.41, 5.74) is 0. The molecule has 0 aliphatic carbocycles. The third-order valence-electron chi connectivity index (χ3n) is 3.15. The Hall–Kier alpha value is -1.44. The summed E-state index contributed by atoms with van der Waals surface area (Å²) in [5.74, 6) is -1.66. The second-order valence-electron chi connectivity index (χ2n) is 4.72. The summed E-state index contributed by atoms with van der Waals surface area (Å²) in [5, 5.41) is 5.74. The maximum absolute atomic E-state index is 13.3. The average molecular weight is 337 g/mol. The first-order chi connectivity index (χ1) is 10.1. The second kappa shape index (κ2) is 8.87. The van der Waals surface area contributed by atoms with E-state index in [9.17, 15) is 13.6 Å². The Morgan fingerprint density at radius 1 is 1.50 bits per heavy atom. The van der Waals surface area contributed by atoms with Crippen LogP contribution >= 0.6 is 12.4 Å². The number of carbonyl (C=O) groups is 1. The van der Waals surface area contributed by atoms with Crippen LogP contribution in [0.5, 0.6) is 5.75 Å². The molecule has 1 amide bonds. The fraction of sp³-hybridized carbons (Fsp3) is 0.500. The quantitative estimate of drug-likeness (QED) is 0.795. The molecule has 2 rings (SSSR count). The normalized spacial score (nSPS) is 20.9. The van der Waals surface area contributed by atoms with Gasteiger partial charge in [-0.2, -0.15) is 0 Å². The van der Waals surface area contributed by atoms with Gasteiger partial charge in [-0.3, -0.25) is 4.79 Å². The molecule has 1 saturated heterocycles. The number of amides is 1. The van der Waals surface area contributed by atoms with E-state index in [0.29, 0.717) is 13.2 Å². The molecule has 2 N–H and O–H groups in total. The van der Waals surface area contributed by atoms with Crippen LogP contribution in [0.25, 0.3) is 0 Å². The fourth-order valence-electron chi connectivity index (χ4n) is 2.06. The number of halogens is 3. The third-order valence-corrected chi connectivity index (χ3v) is 3.15. The van der Waals surface area contributed by atoms with Gasteiger partial charge in [0.1, 0.15) is 18.5 Å². The smallest absolute Gasteiger partial charge is 0.239 e. The third kappa shape index (κ3) is 5.08. The number of morpholine rings is 1. The van der Waals surface area contributed by atoms with Gasteiger partial charge in [0.05, 0.1) is 19.3 Å². The summed E-state index contributed by atoms with van der Waals surface area (Å²) in [6, 6.07) is 2.67. The Balaban J connectivity index is 0.00000242. The van der Waals surface area contributed by atoms with Gasteiger partial charge < -0.3 is 20.1 Å². The van der Waals surface area contributed by atoms with Crippen LogP contribution in [0.2, 0.25) is 0 Å². The molecule has 0 radical (unpaired) electrons. The van der Waals surface area contributed by atoms with E-state index >= 15 is 0 Å². The largest absolute Gasteiger partial charge is 0.489 e. The van der Waals surface area contributed by atoms with Gasteiger partial charge in [0.2, 0.25) is 5.91 Å². The lowest BCUT2D eigenvalue weighted by Crippen LogP contribution is -2.55. The molecule has 8 heteroatoms. The Morgan fingerprint density at radius 2 is 2.27 bits per heavy atom. The molecule has 0 spiro atoms. The highest BCUT2D eigenvalue weighted by Gasteiger charge is 2.27. The molecule has 5 nitrogen and oxygen atoms in total. The number of nitrogens with one attached hydrogen (secondary N) is 2. The maximum Gasteiger partial charge on any atom is 0.239 e. The highest BCUT2D eigenvalue weighted by molar-refractivity contribution is 5.85. The summed E-state index contributed by atoms with van der Waals surface area (Å²) in [6.07, 6.45) is -0.200. The molecule has 124 valence electrons. The van der Waals surface area contributed by atoms with Gasteiger partial charge in [0.15, 0.2) is 11.6 Å². The first kappa shape index (κ1) is 18.6. The second-order valence-corrected chi connectivity index (χ2v) is 4.72. The molecular weight excluding hydrogens is 318 g/mol. The average Bonchev–Trinajstić information content (AvgIpc) is 2.45. The molecule has 1 aliphatic rings. The van der Waals surface area contributed by atoms with Crippen LogP contribution in [-0.4, -0.2) is 44.4 Å². The summed E-state index contributed by atoms with van der Waals surface area (Å²) >= 11 is 0. The lowest BCUT2D eigenvalue weighted by Gasteiger charge is -2.29. The maximum atomic E-state index is 13.3. The number of hydrogen-bond donors (Lipinski definition) is 2. The molecule has 0 saturated carbocycles. The van der Waals surface area contributed by atoms with E-state index in [1.807, 2.05) is 6.92 Å². The summed E-state index contributed by atoms with van der Waals surface area (Å²) in [6.45, 7) is 3.34. The Morgan fingerprint density at radius 3 is 2.95 bits per heavy atom. The van der Waals surface area contributed by atoms with E-state index in [4.69, 9.17) is 9.47 Å². The Kier molecular flexibility index (Phi) is 7.50. The van der Waals surface area contributed by atoms with Crippen molar-refractivity contribution in [3.05, 3.63) is 29.8 Å². The minimum atomic E-state index is -0.766. The van der Waals surface area contributed by atoms with Gasteiger partial charge >= 0.3 is 0 Å². The van der Waals surface area contributed by atoms with Gasteiger partial charge in [-0.25, -0.2) is 8.78 Å². The van der Waals surface area contributed by atoms with E-state index < -0.39 is 17.7 Å². The van der Waals surface area contributed by atoms with Crippen molar-refractivity contribution < 1.29 is 23.0 Å². The van der Waals surface area contributed by atoms with Crippen molar-refractivity contribution in [2.24, 2.45) is 0 Å². The predicted octanol–water partition coefficient (Wildman–Crippen LogP) is 1.26. The number of benzene rings is 1. The zero-order valence-corrected chi connectivity index (χ0v) is 12.9. The molecule has 1 aliphatic heterocycles. The van der Waals surface area contributed by atoms with E-state index in [1.54, 1.807) is 0 Å². The minimum absolute atomic E-state index is 0. The zero-order chi connectivity index (χ0) is 15.2. The van der Waals surface area contributed by atoms with Crippen molar-refractivity contribution in [3.8, 4) is 5.75 Å². The first-order valence-electron chi connectivity index (χ1n) is 6.78. The Bertz CT molecular complexity index is 505. The molecule has 0 bridgehead atoms. The SMILES string of the molecule is C[C@H]1OCCN[C@@H]1C(=O)NCCOc1ccc(F)cc1F.Cl. The summed E-state index contributed by atoms with van der Waals surface area (Å²) < 4.78 is 36.5. The monoisotopic (exact) mass is 336 g/mol. The molecule has 1 fully saturated rings. The van der Waals surface area contributed by atoms with Crippen LogP contribution in [0.4, 0.5) is 8.78 Å². The predicted molar refractivity (Wildman–Crippen MR) is 79.3 cm³/mol. The zero-order valence-electron chi connectivity index (χ0n) is 12.1. The molecular formula is C14H19ClF2N2O3. The van der Waals surface area contributed by atoms with Crippen LogP contribution in [0.3, 0.4) is 0 Å². The fourth-order valence-corrected chi connectivity index (χ4v) is 2.06. The topological polar surface area (TPSA) is 59.6 Å². The summed E-state index contributed by atoms with van der Waals surface area (Å²) in [7, 11) is 0. The van der Waals surface area contributed by atoms with E-state index in [0.717, 1.165) is 12.1 Å². The van der Waals surface area contributed by atoms with Crippen LogP contribution < -0.4 is 15.4 Å². The number of carbonyl (C=O) groups excluding carboxylic acids is 1. The highest BCUT2D eigenvalue weighted by atomic mass is 35.5. The van der Waals surface area contributed by atoms with E-state index in [1.165, 1.54) is 6.07 Å². The van der Waals surface area contributed by atoms with Gasteiger partial charge in [-0.05, 0) is 19.1 Å². The van der Waals surface area contributed by atoms with Crippen molar-refractivity contribution in [1.82, 2.24) is 10.6 Å². The Labute approximate surface area is 133 Å². The van der Waals surface area contributed by atoms with Gasteiger partial charge in [0, 0.05) is 12.6 Å². The van der Waals surface area contributed by atoms with Crippen molar-refractivity contribution in [2.75, 3.05) is 26.3 Å². The number of ether oxygens (including phenoxy) is 2. The number of rotatable bonds is 5. The highest BCUT2D eigenvalue weighted by Crippen LogP contribution is 2.17. The molecule has 1 aromatic rings. The molecule has 1 heterocycles. The molecule has 2 atom stereocenters. The van der Waals surface area contributed by atoms with Crippen LogP contribution in [-0.2, 0) is 9.53 Å². The van der Waals surface area contributed by atoms with E-state index in [2.05, 4.69) is 10.6 Å². The van der Waals surface area contributed by atoms with E-state index in [-0.39, 0.29) is 43.3 Å². The summed E-state index contributed by atoms with van der Waals surface area (Å²) in [4.78, 5) is 11.9. The standard InChI is InChI=1S/C14H18F2N2O3.ClH/c1-9-13(17-4-6-20-9)14(19)18-5-7-21-12-3-2-10(15)8-11(12)16;/h2-3,8-9,13,17H,4-7H2,1H3,(H,18,19);1H/t9-,13+;/m1./s1. The minimum Gasteiger partial charge on any atom is -0.489 e. The lowest BCUT2D eigenvalue weighted by molar-refractivity contribution is -0.129. The molecule has 22 heavy (non-hydrogen) atoms. The van der Waals surface area contributed by atoms with Crippen molar-refractivity contribution in [3.63, 3.8) is 0 Å². The van der Waals surface area contributed by atoms with Crippen molar-refractivity contribution in [2.45, 2.75) is 19.1 Å². The molecule has 1 aromatic carbocycles. The van der Waals surface area contributed by atoms with Crippen molar-refractivity contribution >= 4 is 18.3 Å². The van der Waals surface area contributed by atoms with Gasteiger partial charge in [0.25, 0.3) is 0 Å². The van der Waals surface area contributed by atoms with Crippen LogP contribution in [0, 0.1) is 11.6 Å². The van der Waals surface area contributed by atoms with Gasteiger partial charge in [-0.1, -0.05) is 0 Å². The van der Waals surface area contributed by atoms with Gasteiger partial charge in [-0.15, -0.1) is 12.4 Å². The lowest BCUT2D eigenvalue weighted by atomic mass is 10.1. The van der Waals surface area contributed by atoms with Crippen LogP contribution in [0.15, 0.2) is 18.2 Å². The molecule has 0 unspecified atom stereocenters. The first-order valence-corrected chi connectivity index (χ1v) is 6.78. The van der Waals surface area contributed by atoms with Crippen molar-refractivity contribution in [1.29, 1.82) is 0 Å². The molecule has 0 aromatic heterocycles.